The van der Waals surface area contributed by atoms with Crippen molar-refractivity contribution in [2.45, 2.75) is 45.4 Å². The summed E-state index contributed by atoms with van der Waals surface area (Å²) in [4.78, 5) is 15.7. The van der Waals surface area contributed by atoms with E-state index in [0.29, 0.717) is 24.6 Å². The fraction of sp³-hybridized carbons (Fsp3) is 0.412. The summed E-state index contributed by atoms with van der Waals surface area (Å²) < 4.78 is 5.65. The molecule has 0 saturated carbocycles. The second-order valence-corrected chi connectivity index (χ2v) is 6.77. The number of carbonyl (C=O) groups is 1. The Bertz CT molecular complexity index is 646. The highest BCUT2D eigenvalue weighted by atomic mass is 35.5. The maximum absolute atomic E-state index is 11.2. The number of nitrogens with one attached hydrogen (secondary N) is 1. The lowest BCUT2D eigenvalue weighted by atomic mass is 10.1. The first-order chi connectivity index (χ1) is 11.6. The molecular formula is C17H21ClN2O3S. The molecule has 1 heterocycles. The van der Waals surface area contributed by atoms with Gasteiger partial charge in [-0.3, -0.25) is 10.1 Å². The predicted molar refractivity (Wildman–Crippen MR) is 95.7 cm³/mol. The zero-order valence-electron chi connectivity index (χ0n) is 13.5. The Hall–Kier alpha value is -1.63. The first-order valence-electron chi connectivity index (χ1n) is 7.86. The molecule has 0 saturated heterocycles. The van der Waals surface area contributed by atoms with Crippen molar-refractivity contribution in [3.63, 3.8) is 0 Å². The molecule has 1 aromatic carbocycles. The van der Waals surface area contributed by atoms with Gasteiger partial charge < -0.3 is 9.84 Å². The molecule has 130 valence electrons. The van der Waals surface area contributed by atoms with Crippen LogP contribution in [0.4, 0.5) is 0 Å². The summed E-state index contributed by atoms with van der Waals surface area (Å²) in [5.74, 6) is -0.0789. The van der Waals surface area contributed by atoms with Crippen LogP contribution in [-0.4, -0.2) is 22.1 Å². The minimum atomic E-state index is -0.815. The highest BCUT2D eigenvalue weighted by Gasteiger charge is 2.16. The van der Waals surface area contributed by atoms with Crippen molar-refractivity contribution in [1.82, 2.24) is 10.3 Å². The Balaban J connectivity index is 1.81. The van der Waals surface area contributed by atoms with Crippen LogP contribution in [0.5, 0.6) is 5.75 Å². The second-order valence-electron chi connectivity index (χ2n) is 5.39. The van der Waals surface area contributed by atoms with Gasteiger partial charge in [0, 0.05) is 16.9 Å². The smallest absolute Gasteiger partial charge is 0.320 e. The van der Waals surface area contributed by atoms with Gasteiger partial charge in [0.25, 0.3) is 0 Å². The average molecular weight is 369 g/mol. The third-order valence-electron chi connectivity index (χ3n) is 3.45. The van der Waals surface area contributed by atoms with Gasteiger partial charge in [0.05, 0.1) is 5.69 Å². The largest absolute Gasteiger partial charge is 0.486 e. The zero-order chi connectivity index (χ0) is 17.4. The van der Waals surface area contributed by atoms with Gasteiger partial charge in [-0.15, -0.1) is 11.3 Å². The topological polar surface area (TPSA) is 71.5 Å². The number of hydrogen-bond donors (Lipinski definition) is 2. The lowest BCUT2D eigenvalue weighted by molar-refractivity contribution is -0.139. The molecular weight excluding hydrogens is 348 g/mol. The minimum Gasteiger partial charge on any atom is -0.486 e. The first-order valence-corrected chi connectivity index (χ1v) is 9.12. The van der Waals surface area contributed by atoms with Crippen molar-refractivity contribution >= 4 is 28.9 Å². The number of aliphatic carboxylic acids is 1. The normalized spacial score (nSPS) is 12.1. The standard InChI is InChI=1S/C17H21ClN2O3S/c1-2-3-4-15(17(21)22)19-9-13-11-24-16(20-13)10-23-14-7-5-12(18)6-8-14/h5-8,11,15,19H,2-4,9-10H2,1H3,(H,21,22). The third kappa shape index (κ3) is 6.11. The van der Waals surface area contributed by atoms with Gasteiger partial charge in [0.1, 0.15) is 23.4 Å². The van der Waals surface area contributed by atoms with E-state index in [-0.39, 0.29) is 0 Å². The van der Waals surface area contributed by atoms with E-state index >= 15 is 0 Å². The number of thiazole rings is 1. The molecule has 0 amide bonds. The Labute approximate surface area is 150 Å². The summed E-state index contributed by atoms with van der Waals surface area (Å²) in [6.07, 6.45) is 2.50. The number of nitrogens with zero attached hydrogens (tertiary/aromatic N) is 1. The van der Waals surface area contributed by atoms with E-state index in [2.05, 4.69) is 10.3 Å². The number of hydrogen-bond acceptors (Lipinski definition) is 5. The molecule has 1 atom stereocenters. The molecule has 1 unspecified atom stereocenters. The van der Waals surface area contributed by atoms with Gasteiger partial charge >= 0.3 is 5.97 Å². The molecule has 0 fully saturated rings. The molecule has 7 heteroatoms. The summed E-state index contributed by atoms with van der Waals surface area (Å²) in [5, 5.41) is 15.7. The number of unbranched alkanes of at least 4 members (excludes halogenated alkanes) is 1. The molecule has 0 aliphatic rings. The maximum atomic E-state index is 11.2. The molecule has 24 heavy (non-hydrogen) atoms. The van der Waals surface area contributed by atoms with E-state index < -0.39 is 12.0 Å². The molecule has 5 nitrogen and oxygen atoms in total. The van der Waals surface area contributed by atoms with Crippen molar-refractivity contribution in [3.8, 4) is 5.75 Å². The van der Waals surface area contributed by atoms with Crippen LogP contribution in [-0.2, 0) is 17.9 Å². The molecule has 0 radical (unpaired) electrons. The van der Waals surface area contributed by atoms with Gasteiger partial charge in [-0.25, -0.2) is 4.98 Å². The summed E-state index contributed by atoms with van der Waals surface area (Å²) in [5.41, 5.74) is 0.831. The van der Waals surface area contributed by atoms with Crippen molar-refractivity contribution in [3.05, 3.63) is 45.4 Å². The summed E-state index contributed by atoms with van der Waals surface area (Å²) in [6, 6.07) is 6.64. The average Bonchev–Trinajstić information content (AvgIpc) is 3.02. The Morgan fingerprint density at radius 2 is 2.17 bits per heavy atom. The van der Waals surface area contributed by atoms with Crippen LogP contribution in [0.2, 0.25) is 5.02 Å². The monoisotopic (exact) mass is 368 g/mol. The van der Waals surface area contributed by atoms with E-state index in [1.54, 1.807) is 12.1 Å². The van der Waals surface area contributed by atoms with Gasteiger partial charge in [-0.2, -0.15) is 0 Å². The van der Waals surface area contributed by atoms with Crippen LogP contribution in [0, 0.1) is 0 Å². The fourth-order valence-corrected chi connectivity index (χ4v) is 2.95. The quantitative estimate of drug-likeness (QED) is 0.660. The number of carboxylic acids is 1. The molecule has 0 bridgehead atoms. The number of rotatable bonds is 10. The van der Waals surface area contributed by atoms with Crippen molar-refractivity contribution in [2.24, 2.45) is 0 Å². The summed E-state index contributed by atoms with van der Waals surface area (Å²) >= 11 is 7.33. The molecule has 2 aromatic rings. The fourth-order valence-electron chi connectivity index (χ4n) is 2.12. The highest BCUT2D eigenvalue weighted by Crippen LogP contribution is 2.18. The number of benzene rings is 1. The number of carboxylic acid groups (broad SMARTS) is 1. The molecule has 2 rings (SSSR count). The minimum absolute atomic E-state index is 0.379. The Kier molecular flexibility index (Phi) is 7.49. The SMILES string of the molecule is CCCCC(NCc1csc(COc2ccc(Cl)cc2)n1)C(=O)O. The van der Waals surface area contributed by atoms with E-state index in [1.165, 1.54) is 11.3 Å². The van der Waals surface area contributed by atoms with Crippen LogP contribution in [0.15, 0.2) is 29.6 Å². The number of aromatic nitrogens is 1. The number of ether oxygens (including phenoxy) is 1. The molecule has 1 aromatic heterocycles. The number of halogens is 1. The van der Waals surface area contributed by atoms with Crippen LogP contribution in [0.3, 0.4) is 0 Å². The van der Waals surface area contributed by atoms with E-state index in [1.807, 2.05) is 24.4 Å². The van der Waals surface area contributed by atoms with E-state index in [9.17, 15) is 9.90 Å². The Morgan fingerprint density at radius 3 is 2.83 bits per heavy atom. The van der Waals surface area contributed by atoms with Crippen molar-refractivity contribution in [2.75, 3.05) is 0 Å². The van der Waals surface area contributed by atoms with Crippen LogP contribution in [0.25, 0.3) is 0 Å². The van der Waals surface area contributed by atoms with Crippen LogP contribution < -0.4 is 10.1 Å². The molecule has 0 spiro atoms. The van der Waals surface area contributed by atoms with Gasteiger partial charge in [0.2, 0.25) is 0 Å². The lowest BCUT2D eigenvalue weighted by Gasteiger charge is -2.12. The van der Waals surface area contributed by atoms with Crippen LogP contribution in [0.1, 0.15) is 36.9 Å². The lowest BCUT2D eigenvalue weighted by Crippen LogP contribution is -2.36. The highest BCUT2D eigenvalue weighted by molar-refractivity contribution is 7.09. The van der Waals surface area contributed by atoms with E-state index in [0.717, 1.165) is 29.3 Å². The third-order valence-corrected chi connectivity index (χ3v) is 4.57. The predicted octanol–water partition coefficient (Wildman–Crippen LogP) is 4.11. The van der Waals surface area contributed by atoms with Crippen LogP contribution >= 0.6 is 22.9 Å². The molecule has 2 N–H and O–H groups in total. The van der Waals surface area contributed by atoms with Crippen molar-refractivity contribution in [1.29, 1.82) is 0 Å². The van der Waals surface area contributed by atoms with Crippen molar-refractivity contribution < 1.29 is 14.6 Å². The zero-order valence-corrected chi connectivity index (χ0v) is 15.1. The van der Waals surface area contributed by atoms with E-state index in [4.69, 9.17) is 16.3 Å². The molecule has 0 aliphatic heterocycles. The molecule has 0 aliphatic carbocycles. The van der Waals surface area contributed by atoms with Gasteiger partial charge in [-0.05, 0) is 30.7 Å². The van der Waals surface area contributed by atoms with Gasteiger partial charge in [0.15, 0.2) is 0 Å². The second kappa shape index (κ2) is 9.61. The summed E-state index contributed by atoms with van der Waals surface area (Å²) in [7, 11) is 0. The Morgan fingerprint density at radius 1 is 1.42 bits per heavy atom. The first kappa shape index (κ1) is 18.7. The summed E-state index contributed by atoms with van der Waals surface area (Å²) in [6.45, 7) is 2.87. The maximum Gasteiger partial charge on any atom is 0.320 e. The van der Waals surface area contributed by atoms with Gasteiger partial charge in [-0.1, -0.05) is 31.4 Å².